The van der Waals surface area contributed by atoms with Crippen LogP contribution in [-0.4, -0.2) is 170 Å². The number of nitrogens with zero attached hydrogens (tertiary/aromatic N) is 3. The Kier molecular flexibility index (Phi) is 21.3. The normalized spacial score (nSPS) is 17.1. The molecule has 2 aliphatic heterocycles. The molecule has 0 aliphatic carbocycles. The maximum atomic E-state index is 14.8. The lowest BCUT2D eigenvalue weighted by atomic mass is 9.99. The molecular formula is C55H73N17O11. The fraction of sp³-hybridized carbons (Fsp3) is 0.455. The molecule has 2 fully saturated rings. The number of rotatable bonds is 29. The lowest BCUT2D eigenvalue weighted by Gasteiger charge is -2.30. The molecule has 444 valence electrons. The largest absolute Gasteiger partial charge is 0.394 e. The molecule has 8 atom stereocenters. The zero-order chi connectivity index (χ0) is 59.7. The quantitative estimate of drug-likeness (QED) is 0.0131. The van der Waals surface area contributed by atoms with Crippen molar-refractivity contribution in [2.75, 3.05) is 26.2 Å². The van der Waals surface area contributed by atoms with Gasteiger partial charge in [0, 0.05) is 84.9 Å². The van der Waals surface area contributed by atoms with Gasteiger partial charge >= 0.3 is 0 Å². The van der Waals surface area contributed by atoms with Crippen molar-refractivity contribution in [2.45, 2.75) is 126 Å². The van der Waals surface area contributed by atoms with Crippen molar-refractivity contribution in [3.05, 3.63) is 90.3 Å². The average molecular weight is 1150 g/mol. The summed E-state index contributed by atoms with van der Waals surface area (Å²) in [6.45, 7) is 2.45. The van der Waals surface area contributed by atoms with Gasteiger partial charge in [-0.2, -0.15) is 0 Å². The van der Waals surface area contributed by atoms with Crippen LogP contribution in [0.1, 0.15) is 75.6 Å². The number of nitrogens with two attached hydrogens (primary N) is 3. The topological polar surface area (TPSA) is 441 Å². The number of aliphatic hydroxyl groups excluding tert-OH is 1. The minimum Gasteiger partial charge on any atom is -0.394 e. The standard InChI is InChI=1S/C55H73N17O11/c1-29(2)19-39(48(77)66-38(13-7-17-60-55(57)58)54(83)72-18-8-14-44(72)53(82)63-26-45(56)74)67-49(78)40(20-30-23-61-35-11-5-3-9-33(30)35)69-52(81)43(27-73)71-50(79)41(21-31-24-62-36-12-6-4-10-34(31)36)68-51(80)42(22-32-25-59-28-64-32)70-47(76)37-15-16-46(75)65-37/h3-6,9-12,23-25,28-29,37-44,61-62,73H,7-8,13-22,26-27H2,1-2H3,(H2,56,74)(H,59,64)(H,63,82)(H,65,75)(H,66,77)(H,67,78)(H,68,80)(H,69,81)(H,70,76)(H,71,79)(H4,57,58,60)/t37-,38-,39-,40+,41-,42-,43-,44-/m0/s1. The van der Waals surface area contributed by atoms with Gasteiger partial charge < -0.3 is 84.7 Å². The Morgan fingerprint density at radius 3 is 1.80 bits per heavy atom. The number of carbonyl (C=O) groups excluding carboxylic acids is 10. The Hall–Kier alpha value is -9.34. The molecule has 5 heterocycles. The van der Waals surface area contributed by atoms with Crippen LogP contribution in [0.15, 0.2) is 78.4 Å². The minimum absolute atomic E-state index is 0.0132. The molecule has 2 aliphatic rings. The fourth-order valence-electron chi connectivity index (χ4n) is 10.2. The highest BCUT2D eigenvalue weighted by Gasteiger charge is 2.40. The zero-order valence-electron chi connectivity index (χ0n) is 46.1. The van der Waals surface area contributed by atoms with Gasteiger partial charge in [-0.25, -0.2) is 4.98 Å². The van der Waals surface area contributed by atoms with E-state index in [1.54, 1.807) is 36.7 Å². The third-order valence-electron chi connectivity index (χ3n) is 14.4. The summed E-state index contributed by atoms with van der Waals surface area (Å²) in [7, 11) is 0. The first-order valence-corrected chi connectivity index (χ1v) is 27.5. The van der Waals surface area contributed by atoms with Crippen LogP contribution in [-0.2, 0) is 67.2 Å². The van der Waals surface area contributed by atoms with E-state index in [0.717, 1.165) is 10.9 Å². The number of benzene rings is 2. The number of likely N-dealkylation sites (tertiary alicyclic amines) is 1. The van der Waals surface area contributed by atoms with Gasteiger partial charge in [0.05, 0.1) is 19.5 Å². The second kappa shape index (κ2) is 28.9. The molecule has 0 unspecified atom stereocenters. The number of para-hydroxylation sites is 2. The van der Waals surface area contributed by atoms with E-state index in [1.165, 1.54) is 17.4 Å². The molecule has 2 aromatic carbocycles. The van der Waals surface area contributed by atoms with Gasteiger partial charge in [-0.05, 0) is 67.7 Å². The first-order chi connectivity index (χ1) is 39.8. The van der Waals surface area contributed by atoms with Crippen molar-refractivity contribution in [3.63, 3.8) is 0 Å². The monoisotopic (exact) mass is 1150 g/mol. The molecule has 5 aromatic rings. The molecule has 0 radical (unpaired) electrons. The van der Waals surface area contributed by atoms with Crippen molar-refractivity contribution in [1.29, 1.82) is 0 Å². The van der Waals surface area contributed by atoms with Crippen molar-refractivity contribution in [3.8, 4) is 0 Å². The predicted octanol–water partition coefficient (Wildman–Crippen LogP) is -2.73. The van der Waals surface area contributed by atoms with Gasteiger partial charge in [0.25, 0.3) is 0 Å². The van der Waals surface area contributed by atoms with E-state index in [4.69, 9.17) is 17.2 Å². The number of aliphatic hydroxyl groups is 1. The number of guanidine groups is 1. The molecule has 0 saturated carbocycles. The van der Waals surface area contributed by atoms with Gasteiger partial charge in [0.1, 0.15) is 48.3 Å². The number of amides is 10. The third kappa shape index (κ3) is 16.9. The van der Waals surface area contributed by atoms with E-state index in [2.05, 4.69) is 67.5 Å². The van der Waals surface area contributed by atoms with Crippen LogP contribution >= 0.6 is 0 Å². The predicted molar refractivity (Wildman–Crippen MR) is 302 cm³/mol. The van der Waals surface area contributed by atoms with Gasteiger partial charge in [0.15, 0.2) is 5.96 Å². The summed E-state index contributed by atoms with van der Waals surface area (Å²) in [4.78, 5) is 156. The van der Waals surface area contributed by atoms with E-state index in [-0.39, 0.29) is 88.7 Å². The van der Waals surface area contributed by atoms with Crippen LogP contribution in [0.2, 0.25) is 0 Å². The highest BCUT2D eigenvalue weighted by Crippen LogP contribution is 2.23. The van der Waals surface area contributed by atoms with Crippen molar-refractivity contribution < 1.29 is 53.1 Å². The Balaban J connectivity index is 1.13. The second-order valence-electron chi connectivity index (χ2n) is 21.1. The Morgan fingerprint density at radius 1 is 0.699 bits per heavy atom. The zero-order valence-corrected chi connectivity index (χ0v) is 46.1. The van der Waals surface area contributed by atoms with Crippen LogP contribution in [0.4, 0.5) is 0 Å². The Bertz CT molecular complexity index is 3170. The summed E-state index contributed by atoms with van der Waals surface area (Å²) in [5.41, 5.74) is 19.4. The number of fused-ring (bicyclic) bond motifs is 2. The van der Waals surface area contributed by atoms with E-state index in [9.17, 15) is 53.1 Å². The lowest BCUT2D eigenvalue weighted by molar-refractivity contribution is -0.142. The number of aromatic amines is 3. The summed E-state index contributed by atoms with van der Waals surface area (Å²) in [5.74, 6) is -7.69. The highest BCUT2D eigenvalue weighted by molar-refractivity contribution is 5.99. The molecule has 83 heavy (non-hydrogen) atoms. The average Bonchev–Trinajstić information content (AvgIpc) is 4.57. The number of aliphatic imine (C=N–C) groups is 1. The summed E-state index contributed by atoms with van der Waals surface area (Å²) in [6.07, 6.45) is 7.08. The number of primary amides is 1. The summed E-state index contributed by atoms with van der Waals surface area (Å²) in [6, 6.07) is 4.07. The van der Waals surface area contributed by atoms with Gasteiger partial charge in [0.2, 0.25) is 59.1 Å². The molecule has 10 amide bonds. The number of imidazole rings is 1. The van der Waals surface area contributed by atoms with Gasteiger partial charge in [-0.1, -0.05) is 50.2 Å². The van der Waals surface area contributed by atoms with E-state index < -0.39 is 115 Å². The minimum atomic E-state index is -1.73. The summed E-state index contributed by atoms with van der Waals surface area (Å²) < 4.78 is 0. The molecule has 2 saturated heterocycles. The van der Waals surface area contributed by atoms with Crippen LogP contribution < -0.4 is 59.7 Å². The first-order valence-electron chi connectivity index (χ1n) is 27.5. The van der Waals surface area contributed by atoms with Crippen molar-refractivity contribution in [2.24, 2.45) is 28.1 Å². The Labute approximate surface area is 476 Å². The molecule has 28 heteroatoms. The van der Waals surface area contributed by atoms with E-state index in [1.807, 2.05) is 38.1 Å². The number of nitrogens with one attached hydrogen (secondary N) is 11. The first kappa shape index (κ1) is 61.3. The molecule has 0 bridgehead atoms. The fourth-order valence-corrected chi connectivity index (χ4v) is 10.2. The molecule has 28 nitrogen and oxygen atoms in total. The van der Waals surface area contributed by atoms with E-state index >= 15 is 0 Å². The third-order valence-corrected chi connectivity index (χ3v) is 14.4. The van der Waals surface area contributed by atoms with Crippen LogP contribution in [0.25, 0.3) is 21.8 Å². The smallest absolute Gasteiger partial charge is 0.245 e. The van der Waals surface area contributed by atoms with Crippen LogP contribution in [0.3, 0.4) is 0 Å². The van der Waals surface area contributed by atoms with Crippen LogP contribution in [0.5, 0.6) is 0 Å². The summed E-state index contributed by atoms with van der Waals surface area (Å²) in [5, 5.41) is 33.5. The highest BCUT2D eigenvalue weighted by atomic mass is 16.3. The number of aromatic nitrogens is 4. The van der Waals surface area contributed by atoms with E-state index in [0.29, 0.717) is 34.1 Å². The van der Waals surface area contributed by atoms with Gasteiger partial charge in [-0.3, -0.25) is 52.9 Å². The van der Waals surface area contributed by atoms with Crippen molar-refractivity contribution >= 4 is 86.8 Å². The number of H-pyrrole nitrogens is 3. The maximum Gasteiger partial charge on any atom is 0.245 e. The van der Waals surface area contributed by atoms with Crippen molar-refractivity contribution in [1.82, 2.24) is 67.4 Å². The SMILES string of the molecule is CC(C)C[C@H](NC(=O)[C@@H](Cc1c[nH]c2ccccc12)NC(=O)[C@H](CO)NC(=O)[C@H](Cc1c[nH]c2ccccc12)NC(=O)[C@H](Cc1cnc[nH]1)NC(=O)[C@@H]1CCC(=O)N1)C(=O)N[C@@H](CCCN=C(N)N)C(=O)N1CCC[C@H]1C(=O)NCC(N)=O. The lowest BCUT2D eigenvalue weighted by Crippen LogP contribution is -2.61. The number of carbonyl (C=O) groups is 10. The second-order valence-corrected chi connectivity index (χ2v) is 21.1. The Morgan fingerprint density at radius 2 is 1.25 bits per heavy atom. The molecule has 18 N–H and O–H groups in total. The molecule has 3 aromatic heterocycles. The maximum absolute atomic E-state index is 14.8. The van der Waals surface area contributed by atoms with Crippen LogP contribution in [0, 0.1) is 5.92 Å². The molecular weight excluding hydrogens is 1070 g/mol. The summed E-state index contributed by atoms with van der Waals surface area (Å²) >= 11 is 0. The number of hydrogen-bond donors (Lipinski definition) is 15. The molecule has 7 rings (SSSR count). The number of hydrogen-bond acceptors (Lipinski definition) is 13. The van der Waals surface area contributed by atoms with Gasteiger partial charge in [-0.15, -0.1) is 0 Å². The molecule has 0 spiro atoms.